The van der Waals surface area contributed by atoms with Crippen LogP contribution in [0, 0.1) is 0 Å². The molecule has 0 saturated carbocycles. The fraction of sp³-hybridized carbons (Fsp3) is 0.154. The van der Waals surface area contributed by atoms with Gasteiger partial charge in [0.25, 0.3) is 0 Å². The Morgan fingerprint density at radius 1 is 1.20 bits per heavy atom. The number of rotatable bonds is 3. The summed E-state index contributed by atoms with van der Waals surface area (Å²) in [5.41, 5.74) is 0.116. The first kappa shape index (κ1) is 12.2. The van der Waals surface area contributed by atoms with E-state index in [2.05, 4.69) is 14.7 Å². The zero-order chi connectivity index (χ0) is 13.9. The van der Waals surface area contributed by atoms with Gasteiger partial charge in [-0.2, -0.15) is 0 Å². The summed E-state index contributed by atoms with van der Waals surface area (Å²) in [7, 11) is 1.28. The molecule has 20 heavy (non-hydrogen) atoms. The van der Waals surface area contributed by atoms with Gasteiger partial charge in [-0.1, -0.05) is 0 Å². The maximum absolute atomic E-state index is 11.2. The van der Waals surface area contributed by atoms with Crippen molar-refractivity contribution in [3.05, 3.63) is 36.3 Å². The van der Waals surface area contributed by atoms with E-state index in [1.54, 1.807) is 18.2 Å². The van der Waals surface area contributed by atoms with Gasteiger partial charge in [0.15, 0.2) is 17.2 Å². The summed E-state index contributed by atoms with van der Waals surface area (Å²) in [6.45, 7) is 0.201. The lowest BCUT2D eigenvalue weighted by Gasteiger charge is -2.05. The van der Waals surface area contributed by atoms with Crippen LogP contribution in [0.25, 0.3) is 0 Å². The molecule has 0 saturated heterocycles. The molecule has 7 heteroatoms. The SMILES string of the molecule is COC(=O)c1cnc(Oc2ccc3c(c2)OCO3)cn1. The smallest absolute Gasteiger partial charge is 0.358 e. The Kier molecular flexibility index (Phi) is 3.08. The van der Waals surface area contributed by atoms with Crippen molar-refractivity contribution in [2.45, 2.75) is 0 Å². The summed E-state index contributed by atoms with van der Waals surface area (Å²) < 4.78 is 20.5. The number of hydrogen-bond donors (Lipinski definition) is 0. The molecule has 1 aromatic carbocycles. The molecule has 0 bridgehead atoms. The van der Waals surface area contributed by atoms with Gasteiger partial charge in [0, 0.05) is 6.07 Å². The molecule has 7 nitrogen and oxygen atoms in total. The fourth-order valence-electron chi connectivity index (χ4n) is 1.64. The Bertz CT molecular complexity index is 642. The van der Waals surface area contributed by atoms with Gasteiger partial charge in [0.2, 0.25) is 12.7 Å². The lowest BCUT2D eigenvalue weighted by molar-refractivity contribution is 0.0593. The van der Waals surface area contributed by atoms with Crippen molar-refractivity contribution in [3.8, 4) is 23.1 Å². The van der Waals surface area contributed by atoms with E-state index in [-0.39, 0.29) is 18.4 Å². The highest BCUT2D eigenvalue weighted by molar-refractivity contribution is 5.86. The highest BCUT2D eigenvalue weighted by Crippen LogP contribution is 2.36. The van der Waals surface area contributed by atoms with Crippen LogP contribution in [0.4, 0.5) is 0 Å². The first-order valence-corrected chi connectivity index (χ1v) is 5.74. The molecule has 2 aromatic rings. The second-order valence-corrected chi connectivity index (χ2v) is 3.85. The van der Waals surface area contributed by atoms with Crippen molar-refractivity contribution in [1.29, 1.82) is 0 Å². The summed E-state index contributed by atoms with van der Waals surface area (Å²) in [6.07, 6.45) is 2.63. The Balaban J connectivity index is 1.76. The zero-order valence-electron chi connectivity index (χ0n) is 10.5. The Morgan fingerprint density at radius 2 is 2.05 bits per heavy atom. The van der Waals surface area contributed by atoms with E-state index in [1.165, 1.54) is 19.5 Å². The Hall–Kier alpha value is -2.83. The van der Waals surface area contributed by atoms with Crippen LogP contribution in [-0.2, 0) is 4.74 Å². The normalized spacial score (nSPS) is 12.1. The largest absolute Gasteiger partial charge is 0.464 e. The molecular formula is C13H10N2O5. The van der Waals surface area contributed by atoms with Crippen molar-refractivity contribution in [2.75, 3.05) is 13.9 Å². The van der Waals surface area contributed by atoms with Crippen molar-refractivity contribution in [1.82, 2.24) is 9.97 Å². The number of fused-ring (bicyclic) bond motifs is 1. The van der Waals surface area contributed by atoms with Crippen LogP contribution in [0.1, 0.15) is 10.5 Å². The van der Waals surface area contributed by atoms with Crippen molar-refractivity contribution >= 4 is 5.97 Å². The maximum atomic E-state index is 11.2. The number of esters is 1. The molecule has 0 N–H and O–H groups in total. The van der Waals surface area contributed by atoms with Crippen LogP contribution in [0.5, 0.6) is 23.1 Å². The van der Waals surface area contributed by atoms with Crippen LogP contribution in [0.3, 0.4) is 0 Å². The second-order valence-electron chi connectivity index (χ2n) is 3.85. The minimum atomic E-state index is -0.549. The number of ether oxygens (including phenoxy) is 4. The number of aromatic nitrogens is 2. The molecule has 0 amide bonds. The third-order valence-corrected chi connectivity index (χ3v) is 2.59. The van der Waals surface area contributed by atoms with E-state index in [9.17, 15) is 4.79 Å². The fourth-order valence-corrected chi connectivity index (χ4v) is 1.64. The van der Waals surface area contributed by atoms with E-state index >= 15 is 0 Å². The highest BCUT2D eigenvalue weighted by Gasteiger charge is 2.14. The van der Waals surface area contributed by atoms with Gasteiger partial charge in [0.05, 0.1) is 19.5 Å². The van der Waals surface area contributed by atoms with Gasteiger partial charge >= 0.3 is 5.97 Å². The molecule has 0 unspecified atom stereocenters. The molecule has 0 atom stereocenters. The average Bonchev–Trinajstić information content (AvgIpc) is 2.95. The standard InChI is InChI=1S/C13H10N2O5/c1-17-13(16)9-5-15-12(6-14-9)20-8-2-3-10-11(4-8)19-7-18-10/h2-6H,7H2,1H3. The number of carbonyl (C=O) groups is 1. The lowest BCUT2D eigenvalue weighted by Crippen LogP contribution is -2.04. The molecule has 0 radical (unpaired) electrons. The molecular weight excluding hydrogens is 264 g/mol. The third kappa shape index (κ3) is 2.33. The predicted molar refractivity (Wildman–Crippen MR) is 66.0 cm³/mol. The molecule has 1 aromatic heterocycles. The zero-order valence-corrected chi connectivity index (χ0v) is 10.5. The summed E-state index contributed by atoms with van der Waals surface area (Å²) in [5, 5.41) is 0. The molecule has 3 rings (SSSR count). The molecule has 1 aliphatic rings. The topological polar surface area (TPSA) is 79.8 Å². The lowest BCUT2D eigenvalue weighted by atomic mass is 10.3. The van der Waals surface area contributed by atoms with Crippen LogP contribution in [0.2, 0.25) is 0 Å². The average molecular weight is 274 g/mol. The Morgan fingerprint density at radius 3 is 2.80 bits per heavy atom. The van der Waals surface area contributed by atoms with Crippen LogP contribution < -0.4 is 14.2 Å². The van der Waals surface area contributed by atoms with Crippen LogP contribution in [0.15, 0.2) is 30.6 Å². The quantitative estimate of drug-likeness (QED) is 0.789. The second kappa shape index (κ2) is 5.04. The molecule has 1 aliphatic heterocycles. The molecule has 0 aliphatic carbocycles. The van der Waals surface area contributed by atoms with Crippen LogP contribution in [-0.4, -0.2) is 29.8 Å². The van der Waals surface area contributed by atoms with Gasteiger partial charge in [-0.05, 0) is 12.1 Å². The van der Waals surface area contributed by atoms with Gasteiger partial charge < -0.3 is 18.9 Å². The van der Waals surface area contributed by atoms with E-state index in [4.69, 9.17) is 14.2 Å². The van der Waals surface area contributed by atoms with E-state index in [0.717, 1.165) is 0 Å². The predicted octanol–water partition coefficient (Wildman–Crippen LogP) is 1.78. The van der Waals surface area contributed by atoms with E-state index < -0.39 is 5.97 Å². The Labute approximate surface area is 114 Å². The van der Waals surface area contributed by atoms with Crippen molar-refractivity contribution in [2.24, 2.45) is 0 Å². The minimum Gasteiger partial charge on any atom is -0.464 e. The van der Waals surface area contributed by atoms with Gasteiger partial charge in [-0.3, -0.25) is 0 Å². The highest BCUT2D eigenvalue weighted by atomic mass is 16.7. The summed E-state index contributed by atoms with van der Waals surface area (Å²) in [6, 6.07) is 5.16. The monoisotopic (exact) mass is 274 g/mol. The van der Waals surface area contributed by atoms with Crippen LogP contribution >= 0.6 is 0 Å². The minimum absolute atomic E-state index is 0.116. The van der Waals surface area contributed by atoms with Gasteiger partial charge in [-0.15, -0.1) is 0 Å². The maximum Gasteiger partial charge on any atom is 0.358 e. The summed E-state index contributed by atoms with van der Waals surface area (Å²) in [5.74, 6) is 1.53. The summed E-state index contributed by atoms with van der Waals surface area (Å²) in [4.78, 5) is 19.1. The molecule has 0 spiro atoms. The molecule has 2 heterocycles. The molecule has 102 valence electrons. The van der Waals surface area contributed by atoms with Crippen molar-refractivity contribution in [3.63, 3.8) is 0 Å². The number of hydrogen-bond acceptors (Lipinski definition) is 7. The molecule has 0 fully saturated rings. The number of nitrogens with zero attached hydrogens (tertiary/aromatic N) is 2. The number of carbonyl (C=O) groups excluding carboxylic acids is 1. The van der Waals surface area contributed by atoms with E-state index in [0.29, 0.717) is 17.2 Å². The summed E-state index contributed by atoms with van der Waals surface area (Å²) >= 11 is 0. The van der Waals surface area contributed by atoms with Crippen molar-refractivity contribution < 1.29 is 23.7 Å². The van der Waals surface area contributed by atoms with Gasteiger partial charge in [-0.25, -0.2) is 14.8 Å². The number of benzene rings is 1. The first-order chi connectivity index (χ1) is 9.76. The third-order valence-electron chi connectivity index (χ3n) is 2.59. The van der Waals surface area contributed by atoms with E-state index in [1.807, 2.05) is 0 Å². The van der Waals surface area contributed by atoms with Gasteiger partial charge in [0.1, 0.15) is 5.75 Å². The first-order valence-electron chi connectivity index (χ1n) is 5.74. The number of methoxy groups -OCH3 is 1.